The summed E-state index contributed by atoms with van der Waals surface area (Å²) in [5.74, 6) is -2.02. The molecule has 2 aromatic rings. The first-order valence-electron chi connectivity index (χ1n) is 10.1. The number of imide groups is 1. The van der Waals surface area contributed by atoms with Gasteiger partial charge in [0.05, 0.1) is 23.6 Å². The molecule has 2 heterocycles. The maximum atomic E-state index is 14.4. The normalized spacial score (nSPS) is 25.2. The van der Waals surface area contributed by atoms with Crippen molar-refractivity contribution in [3.8, 4) is 0 Å². The van der Waals surface area contributed by atoms with Crippen LogP contribution in [0, 0.1) is 11.7 Å². The number of halogens is 1. The summed E-state index contributed by atoms with van der Waals surface area (Å²) in [6, 6.07) is 12.7. The predicted molar refractivity (Wildman–Crippen MR) is 112 cm³/mol. The third-order valence-corrected chi connectivity index (χ3v) is 6.19. The number of carbonyl (C=O) groups is 3. The quantitative estimate of drug-likeness (QED) is 0.587. The smallest absolute Gasteiger partial charge is 0.414 e. The number of benzene rings is 2. The first-order chi connectivity index (χ1) is 15.4. The first kappa shape index (κ1) is 20.0. The van der Waals surface area contributed by atoms with Gasteiger partial charge in [-0.3, -0.25) is 14.5 Å². The largest absolute Gasteiger partial charge is 0.474 e. The molecule has 0 saturated carbocycles. The van der Waals surface area contributed by atoms with Crippen molar-refractivity contribution in [2.45, 2.75) is 25.6 Å². The Bertz CT molecular complexity index is 1220. The van der Waals surface area contributed by atoms with E-state index >= 15 is 0 Å². The molecule has 3 atom stereocenters. The number of nitrogens with zero attached hydrogens (tertiary/aromatic N) is 2. The van der Waals surface area contributed by atoms with Crippen LogP contribution in [0.1, 0.15) is 24.1 Å². The molecule has 5 rings (SSSR count). The Morgan fingerprint density at radius 3 is 2.59 bits per heavy atom. The van der Waals surface area contributed by atoms with Crippen LogP contribution in [-0.4, -0.2) is 34.1 Å². The van der Waals surface area contributed by atoms with Crippen LogP contribution in [0.4, 0.5) is 14.9 Å². The number of para-hydroxylation sites is 1. The van der Waals surface area contributed by atoms with Crippen LogP contribution in [0.5, 0.6) is 0 Å². The highest BCUT2D eigenvalue weighted by atomic mass is 19.1. The Morgan fingerprint density at radius 1 is 1.12 bits per heavy atom. The lowest BCUT2D eigenvalue weighted by Gasteiger charge is -2.24. The zero-order valence-electron chi connectivity index (χ0n) is 17.1. The number of likely N-dealkylation sites (tertiary alicyclic amines) is 1. The molecule has 1 N–H and O–H groups in total. The van der Waals surface area contributed by atoms with Crippen LogP contribution in [0.2, 0.25) is 0 Å². The molecule has 1 aliphatic carbocycles. The standard InChI is InChI=1S/C24H19FN2O5/c1-13-10-20(26(22(13)28)19-9-5-4-8-18(19)25)32-12-17-16-11-14-6-2-3-7-15(14)21(16)27(23(17)29)24(30)31/h2-10,12,16,20-21H,11H2,1H3,(H,30,31). The van der Waals surface area contributed by atoms with Crippen molar-refractivity contribution in [1.29, 1.82) is 0 Å². The maximum Gasteiger partial charge on any atom is 0.414 e. The summed E-state index contributed by atoms with van der Waals surface area (Å²) >= 11 is 0. The van der Waals surface area contributed by atoms with Gasteiger partial charge in [-0.2, -0.15) is 0 Å². The van der Waals surface area contributed by atoms with E-state index in [0.717, 1.165) is 16.0 Å². The Hall–Kier alpha value is -3.94. The minimum atomic E-state index is -1.33. The molecule has 2 aliphatic heterocycles. The zero-order valence-corrected chi connectivity index (χ0v) is 17.1. The molecule has 162 valence electrons. The molecule has 0 spiro atoms. The highest BCUT2D eigenvalue weighted by Crippen LogP contribution is 2.49. The van der Waals surface area contributed by atoms with Crippen molar-refractivity contribution in [2.24, 2.45) is 5.92 Å². The van der Waals surface area contributed by atoms with Crippen molar-refractivity contribution in [1.82, 2.24) is 4.90 Å². The van der Waals surface area contributed by atoms with Gasteiger partial charge in [0.15, 0.2) is 6.23 Å². The molecule has 7 nitrogen and oxygen atoms in total. The van der Waals surface area contributed by atoms with Crippen LogP contribution in [-0.2, 0) is 20.7 Å². The molecule has 0 bridgehead atoms. The number of hydrogen-bond acceptors (Lipinski definition) is 4. The van der Waals surface area contributed by atoms with Crippen LogP contribution in [0.25, 0.3) is 0 Å². The zero-order chi connectivity index (χ0) is 22.6. The van der Waals surface area contributed by atoms with Gasteiger partial charge in [-0.1, -0.05) is 36.4 Å². The topological polar surface area (TPSA) is 87.2 Å². The molecular weight excluding hydrogens is 415 g/mol. The lowest BCUT2D eigenvalue weighted by molar-refractivity contribution is -0.124. The molecule has 0 aromatic heterocycles. The molecule has 2 aromatic carbocycles. The van der Waals surface area contributed by atoms with E-state index in [-0.39, 0.29) is 17.2 Å². The van der Waals surface area contributed by atoms with E-state index in [0.29, 0.717) is 12.0 Å². The fourth-order valence-corrected chi connectivity index (χ4v) is 4.74. The number of rotatable bonds is 3. The molecule has 3 aliphatic rings. The minimum Gasteiger partial charge on any atom is -0.474 e. The second-order valence-electron chi connectivity index (χ2n) is 7.99. The van der Waals surface area contributed by atoms with E-state index in [4.69, 9.17) is 4.74 Å². The minimum absolute atomic E-state index is 0.0602. The van der Waals surface area contributed by atoms with E-state index in [2.05, 4.69) is 0 Å². The fourth-order valence-electron chi connectivity index (χ4n) is 4.74. The van der Waals surface area contributed by atoms with Crippen molar-refractivity contribution >= 4 is 23.6 Å². The van der Waals surface area contributed by atoms with E-state index in [9.17, 15) is 23.9 Å². The predicted octanol–water partition coefficient (Wildman–Crippen LogP) is 3.78. The molecule has 1 saturated heterocycles. The third-order valence-electron chi connectivity index (χ3n) is 6.19. The summed E-state index contributed by atoms with van der Waals surface area (Å²) in [4.78, 5) is 39.5. The third kappa shape index (κ3) is 2.90. The lowest BCUT2D eigenvalue weighted by Crippen LogP contribution is -2.36. The summed E-state index contributed by atoms with van der Waals surface area (Å²) < 4.78 is 20.2. The second kappa shape index (κ2) is 7.33. The summed E-state index contributed by atoms with van der Waals surface area (Å²) in [5.41, 5.74) is 2.44. The van der Waals surface area contributed by atoms with Gasteiger partial charge >= 0.3 is 6.09 Å². The fraction of sp³-hybridized carbons (Fsp3) is 0.208. The molecule has 8 heteroatoms. The van der Waals surface area contributed by atoms with Crippen LogP contribution < -0.4 is 4.90 Å². The number of ether oxygens (including phenoxy) is 1. The lowest BCUT2D eigenvalue weighted by atomic mass is 9.97. The first-order valence-corrected chi connectivity index (χ1v) is 10.1. The van der Waals surface area contributed by atoms with Gasteiger partial charge in [-0.25, -0.2) is 14.1 Å². The molecule has 32 heavy (non-hydrogen) atoms. The highest BCUT2D eigenvalue weighted by molar-refractivity contribution is 6.08. The molecule has 3 amide bonds. The monoisotopic (exact) mass is 434 g/mol. The number of amides is 3. The van der Waals surface area contributed by atoms with Crippen LogP contribution in [0.15, 0.2) is 72.0 Å². The van der Waals surface area contributed by atoms with Crippen molar-refractivity contribution < 1.29 is 28.6 Å². The number of anilines is 1. The van der Waals surface area contributed by atoms with Gasteiger partial charge in [-0.05, 0) is 42.7 Å². The number of fused-ring (bicyclic) bond motifs is 3. The number of hydrogen-bond donors (Lipinski definition) is 1. The van der Waals surface area contributed by atoms with Crippen LogP contribution >= 0.6 is 0 Å². The van der Waals surface area contributed by atoms with Crippen molar-refractivity contribution in [2.75, 3.05) is 4.90 Å². The van der Waals surface area contributed by atoms with Gasteiger partial charge in [0.1, 0.15) is 5.82 Å². The van der Waals surface area contributed by atoms with Crippen molar-refractivity contribution in [3.63, 3.8) is 0 Å². The molecular formula is C24H19FN2O5. The summed E-state index contributed by atoms with van der Waals surface area (Å²) in [5, 5.41) is 9.68. The van der Waals surface area contributed by atoms with E-state index in [1.54, 1.807) is 19.1 Å². The Labute approximate surface area is 183 Å². The van der Waals surface area contributed by atoms with Gasteiger partial charge in [0.2, 0.25) is 0 Å². The summed E-state index contributed by atoms with van der Waals surface area (Å²) in [6.45, 7) is 1.60. The van der Waals surface area contributed by atoms with Gasteiger partial charge in [-0.15, -0.1) is 0 Å². The highest BCUT2D eigenvalue weighted by Gasteiger charge is 2.52. The Balaban J connectivity index is 1.49. The maximum absolute atomic E-state index is 14.4. The SMILES string of the molecule is CC1=CC(OC=C2C(=O)N(C(=O)O)C3c4ccccc4CC23)N(c2ccccc2F)C1=O. The second-order valence-corrected chi connectivity index (χ2v) is 7.99. The van der Waals surface area contributed by atoms with Gasteiger partial charge in [0, 0.05) is 11.5 Å². The molecule has 0 radical (unpaired) electrons. The number of carbonyl (C=O) groups excluding carboxylic acids is 2. The molecule has 3 unspecified atom stereocenters. The summed E-state index contributed by atoms with van der Waals surface area (Å²) in [6.07, 6.45) is 0.989. The van der Waals surface area contributed by atoms with Gasteiger partial charge in [0.25, 0.3) is 11.8 Å². The van der Waals surface area contributed by atoms with E-state index in [1.807, 2.05) is 24.3 Å². The van der Waals surface area contributed by atoms with Crippen LogP contribution in [0.3, 0.4) is 0 Å². The Morgan fingerprint density at radius 2 is 1.84 bits per heavy atom. The molecule has 1 fully saturated rings. The van der Waals surface area contributed by atoms with E-state index < -0.39 is 36.0 Å². The average molecular weight is 434 g/mol. The Kier molecular flexibility index (Phi) is 4.58. The van der Waals surface area contributed by atoms with E-state index in [1.165, 1.54) is 29.4 Å². The average Bonchev–Trinajstić information content (AvgIpc) is 3.36. The van der Waals surface area contributed by atoms with Crippen molar-refractivity contribution in [3.05, 3.63) is 89.0 Å². The summed E-state index contributed by atoms with van der Waals surface area (Å²) in [7, 11) is 0. The number of carboxylic acid groups (broad SMARTS) is 1. The van der Waals surface area contributed by atoms with Gasteiger partial charge < -0.3 is 9.84 Å².